The van der Waals surface area contributed by atoms with Crippen LogP contribution in [0.1, 0.15) is 25.8 Å². The molecule has 4 rings (SSSR count). The second-order valence-corrected chi connectivity index (χ2v) is 12.4. The molecule has 0 radical (unpaired) electrons. The third-order valence-electron chi connectivity index (χ3n) is 6.06. The summed E-state index contributed by atoms with van der Waals surface area (Å²) in [5.41, 5.74) is 1.38. The highest BCUT2D eigenvalue weighted by molar-refractivity contribution is 7.92. The summed E-state index contributed by atoms with van der Waals surface area (Å²) in [6.45, 7) is 7.80. The SMILES string of the molecule is CC(C)S(=O)(=O)c1ccc(CC(=O)N(CCCN2CCOCC2)c2nc3ccc(F)cc3s2)cc1.Cl. The van der Waals surface area contributed by atoms with Crippen LogP contribution in [-0.2, 0) is 25.8 Å². The van der Waals surface area contributed by atoms with Gasteiger partial charge >= 0.3 is 0 Å². The maximum Gasteiger partial charge on any atom is 0.233 e. The summed E-state index contributed by atoms with van der Waals surface area (Å²) >= 11 is 1.29. The highest BCUT2D eigenvalue weighted by Gasteiger charge is 2.22. The van der Waals surface area contributed by atoms with Gasteiger partial charge in [-0.25, -0.2) is 17.8 Å². The summed E-state index contributed by atoms with van der Waals surface area (Å²) in [6, 6.07) is 10.9. The summed E-state index contributed by atoms with van der Waals surface area (Å²) in [5.74, 6) is -0.472. The molecule has 3 aromatic rings. The number of fused-ring (bicyclic) bond motifs is 1. The zero-order valence-corrected chi connectivity index (χ0v) is 22.8. The lowest BCUT2D eigenvalue weighted by atomic mass is 10.1. The molecule has 1 aliphatic heterocycles. The number of carbonyl (C=O) groups excluding carboxylic acids is 1. The van der Waals surface area contributed by atoms with Gasteiger partial charge in [0.2, 0.25) is 5.91 Å². The molecule has 0 bridgehead atoms. The fourth-order valence-corrected chi connectivity index (χ4v) is 6.04. The Morgan fingerprint density at radius 1 is 1.17 bits per heavy atom. The number of benzene rings is 2. The van der Waals surface area contributed by atoms with Gasteiger partial charge in [-0.15, -0.1) is 12.4 Å². The number of ether oxygens (including phenoxy) is 1. The van der Waals surface area contributed by atoms with Crippen molar-refractivity contribution < 1.29 is 22.3 Å². The fourth-order valence-electron chi connectivity index (χ4n) is 3.95. The van der Waals surface area contributed by atoms with Crippen LogP contribution in [0.4, 0.5) is 9.52 Å². The van der Waals surface area contributed by atoms with Crippen molar-refractivity contribution in [1.29, 1.82) is 0 Å². The van der Waals surface area contributed by atoms with Crippen LogP contribution in [0.25, 0.3) is 10.2 Å². The molecule has 0 saturated carbocycles. The lowest BCUT2D eigenvalue weighted by Gasteiger charge is -2.27. The predicted octanol–water partition coefficient (Wildman–Crippen LogP) is 4.34. The number of thiazole rings is 1. The van der Waals surface area contributed by atoms with Gasteiger partial charge in [-0.2, -0.15) is 0 Å². The summed E-state index contributed by atoms with van der Waals surface area (Å²) in [4.78, 5) is 22.2. The van der Waals surface area contributed by atoms with Crippen LogP contribution in [-0.4, -0.2) is 68.9 Å². The maximum atomic E-state index is 13.7. The largest absolute Gasteiger partial charge is 0.379 e. The van der Waals surface area contributed by atoms with Crippen LogP contribution in [0.5, 0.6) is 0 Å². The van der Waals surface area contributed by atoms with Gasteiger partial charge in [0.15, 0.2) is 15.0 Å². The number of amides is 1. The lowest BCUT2D eigenvalue weighted by Crippen LogP contribution is -2.39. The third-order valence-corrected chi connectivity index (χ3v) is 9.27. The van der Waals surface area contributed by atoms with Crippen LogP contribution in [0, 0.1) is 5.82 Å². The smallest absolute Gasteiger partial charge is 0.233 e. The molecule has 1 fully saturated rings. The first-order valence-electron chi connectivity index (χ1n) is 11.7. The minimum absolute atomic E-state index is 0. The molecule has 1 amide bonds. The number of hydrogen-bond donors (Lipinski definition) is 0. The Kier molecular flexibility index (Phi) is 9.82. The number of nitrogens with zero attached hydrogens (tertiary/aromatic N) is 3. The van der Waals surface area contributed by atoms with Gasteiger partial charge in [0.05, 0.1) is 40.0 Å². The number of aromatic nitrogens is 1. The fraction of sp³-hybridized carbons (Fsp3) is 0.440. The monoisotopic (exact) mass is 555 g/mol. The molecule has 7 nitrogen and oxygen atoms in total. The molecular weight excluding hydrogens is 525 g/mol. The average molecular weight is 556 g/mol. The average Bonchev–Trinajstić information content (AvgIpc) is 3.25. The Hall–Kier alpha value is -2.11. The Balaban J connectivity index is 0.00000361. The topological polar surface area (TPSA) is 79.8 Å². The minimum Gasteiger partial charge on any atom is -0.379 e. The number of anilines is 1. The number of hydrogen-bond acceptors (Lipinski definition) is 7. The van der Waals surface area contributed by atoms with Gasteiger partial charge < -0.3 is 4.74 Å². The van der Waals surface area contributed by atoms with E-state index in [2.05, 4.69) is 9.88 Å². The van der Waals surface area contributed by atoms with Crippen molar-refractivity contribution >= 4 is 54.8 Å². The van der Waals surface area contributed by atoms with Crippen molar-refractivity contribution in [2.24, 2.45) is 0 Å². The van der Waals surface area contributed by atoms with E-state index in [-0.39, 0.29) is 35.4 Å². The van der Waals surface area contributed by atoms with Crippen LogP contribution >= 0.6 is 23.7 Å². The summed E-state index contributed by atoms with van der Waals surface area (Å²) < 4.78 is 44.6. The van der Waals surface area contributed by atoms with E-state index in [9.17, 15) is 17.6 Å². The second kappa shape index (κ2) is 12.4. The summed E-state index contributed by atoms with van der Waals surface area (Å²) in [6.07, 6.45) is 0.880. The van der Waals surface area contributed by atoms with Crippen molar-refractivity contribution in [2.75, 3.05) is 44.3 Å². The molecule has 196 valence electrons. The molecule has 0 spiro atoms. The minimum atomic E-state index is -3.37. The van der Waals surface area contributed by atoms with E-state index in [1.54, 1.807) is 49.1 Å². The van der Waals surface area contributed by atoms with E-state index in [1.807, 2.05) is 0 Å². The molecular formula is C25H31ClFN3O4S2. The van der Waals surface area contributed by atoms with Crippen molar-refractivity contribution in [3.63, 3.8) is 0 Å². The maximum absolute atomic E-state index is 13.7. The Morgan fingerprint density at radius 2 is 1.86 bits per heavy atom. The van der Waals surface area contributed by atoms with Gasteiger partial charge in [0.25, 0.3) is 0 Å². The highest BCUT2D eigenvalue weighted by atomic mass is 35.5. The molecule has 1 aliphatic rings. The first kappa shape index (κ1) is 28.5. The quantitative estimate of drug-likeness (QED) is 0.391. The molecule has 36 heavy (non-hydrogen) atoms. The standard InChI is InChI=1S/C25H30FN3O4S2.ClH/c1-18(2)35(31,32)21-7-4-19(5-8-21)16-24(30)29(11-3-10-28-12-14-33-15-13-28)25-27-22-9-6-20(26)17-23(22)34-25;/h4-9,17-18H,3,10-16H2,1-2H3;1H. The molecule has 2 aromatic carbocycles. The van der Waals surface area contributed by atoms with Crippen molar-refractivity contribution in [1.82, 2.24) is 9.88 Å². The van der Waals surface area contributed by atoms with Gasteiger partial charge in [-0.3, -0.25) is 14.6 Å². The van der Waals surface area contributed by atoms with E-state index in [1.165, 1.54) is 23.5 Å². The molecule has 0 atom stereocenters. The molecule has 2 heterocycles. The van der Waals surface area contributed by atoms with Crippen LogP contribution < -0.4 is 4.90 Å². The first-order chi connectivity index (χ1) is 16.7. The Bertz CT molecular complexity index is 1280. The number of sulfone groups is 1. The normalized spacial score (nSPS) is 14.7. The number of halogens is 2. The van der Waals surface area contributed by atoms with E-state index < -0.39 is 15.1 Å². The molecule has 0 aliphatic carbocycles. The zero-order valence-electron chi connectivity index (χ0n) is 20.4. The van der Waals surface area contributed by atoms with Crippen LogP contribution in [0.3, 0.4) is 0 Å². The molecule has 0 unspecified atom stereocenters. The molecule has 1 saturated heterocycles. The van der Waals surface area contributed by atoms with Crippen LogP contribution in [0.15, 0.2) is 47.4 Å². The number of rotatable bonds is 9. The van der Waals surface area contributed by atoms with Crippen LogP contribution in [0.2, 0.25) is 0 Å². The predicted molar refractivity (Wildman–Crippen MR) is 144 cm³/mol. The molecule has 11 heteroatoms. The Labute approximate surface area is 221 Å². The van der Waals surface area contributed by atoms with Gasteiger partial charge in [-0.05, 0) is 56.2 Å². The van der Waals surface area contributed by atoms with E-state index in [4.69, 9.17) is 4.74 Å². The molecule has 1 aromatic heterocycles. The number of carbonyl (C=O) groups is 1. The van der Waals surface area contributed by atoms with Crippen molar-refractivity contribution in [3.05, 3.63) is 53.8 Å². The van der Waals surface area contributed by atoms with Crippen molar-refractivity contribution in [3.8, 4) is 0 Å². The summed E-state index contributed by atoms with van der Waals surface area (Å²) in [7, 11) is -3.37. The summed E-state index contributed by atoms with van der Waals surface area (Å²) in [5, 5.41) is 0.0254. The Morgan fingerprint density at radius 3 is 2.53 bits per heavy atom. The third kappa shape index (κ3) is 6.80. The lowest BCUT2D eigenvalue weighted by molar-refractivity contribution is -0.118. The van der Waals surface area contributed by atoms with E-state index in [0.29, 0.717) is 35.1 Å². The van der Waals surface area contributed by atoms with Gasteiger partial charge in [0.1, 0.15) is 5.82 Å². The van der Waals surface area contributed by atoms with E-state index >= 15 is 0 Å². The highest BCUT2D eigenvalue weighted by Crippen LogP contribution is 2.30. The van der Waals surface area contributed by atoms with Gasteiger partial charge in [0, 0.05) is 26.2 Å². The molecule has 0 N–H and O–H groups in total. The van der Waals surface area contributed by atoms with Crippen molar-refractivity contribution in [2.45, 2.75) is 36.8 Å². The first-order valence-corrected chi connectivity index (χ1v) is 14.1. The number of morpholine rings is 1. The second-order valence-electron chi connectivity index (χ2n) is 8.88. The zero-order chi connectivity index (χ0) is 25.0. The van der Waals surface area contributed by atoms with Gasteiger partial charge in [-0.1, -0.05) is 23.5 Å². The van der Waals surface area contributed by atoms with E-state index in [0.717, 1.165) is 31.6 Å².